The molecule has 0 aromatic heterocycles. The van der Waals surface area contributed by atoms with Crippen molar-refractivity contribution in [3.63, 3.8) is 0 Å². The zero-order valence-corrected chi connectivity index (χ0v) is 14.1. The number of carbonyl (C=O) groups excluding carboxylic acids is 1. The molecule has 0 saturated heterocycles. The lowest BCUT2D eigenvalue weighted by atomic mass is 10.1. The largest absolute Gasteiger partial charge is 0.482 e. The van der Waals surface area contributed by atoms with Crippen LogP contribution in [0.2, 0.25) is 0 Å². The summed E-state index contributed by atoms with van der Waals surface area (Å²) in [6.45, 7) is 7.17. The van der Waals surface area contributed by atoms with Crippen LogP contribution in [0.3, 0.4) is 0 Å². The van der Waals surface area contributed by atoms with E-state index in [4.69, 9.17) is 4.74 Å². The molecule has 0 saturated carbocycles. The van der Waals surface area contributed by atoms with E-state index in [9.17, 15) is 4.79 Å². The molecule has 5 nitrogen and oxygen atoms in total. The van der Waals surface area contributed by atoms with Gasteiger partial charge in [-0.2, -0.15) is 0 Å². The molecule has 0 aliphatic carbocycles. The van der Waals surface area contributed by atoms with Crippen LogP contribution < -0.4 is 20.3 Å². The molecule has 2 aromatic rings. The lowest BCUT2D eigenvalue weighted by Gasteiger charge is -2.21. The van der Waals surface area contributed by atoms with E-state index in [0.717, 1.165) is 31.0 Å². The fourth-order valence-corrected chi connectivity index (χ4v) is 2.80. The van der Waals surface area contributed by atoms with Crippen LogP contribution in [0, 0.1) is 0 Å². The Bertz CT molecular complexity index is 709. The Morgan fingerprint density at radius 3 is 2.58 bits per heavy atom. The third-order valence-electron chi connectivity index (χ3n) is 4.18. The maximum absolute atomic E-state index is 11.3. The van der Waals surface area contributed by atoms with Crippen LogP contribution in [-0.4, -0.2) is 25.6 Å². The van der Waals surface area contributed by atoms with Crippen molar-refractivity contribution in [3.05, 3.63) is 48.0 Å². The SMILES string of the molecule is CCN(CC)c1ccc(CNc2ccc3c(c2)OCC(=O)N3)cc1. The van der Waals surface area contributed by atoms with Crippen molar-refractivity contribution in [2.24, 2.45) is 0 Å². The van der Waals surface area contributed by atoms with Gasteiger partial charge in [-0.25, -0.2) is 0 Å². The van der Waals surface area contributed by atoms with E-state index in [0.29, 0.717) is 5.75 Å². The summed E-state index contributed by atoms with van der Waals surface area (Å²) in [5.74, 6) is 0.591. The molecular weight excluding hydrogens is 302 g/mol. The van der Waals surface area contributed by atoms with Gasteiger partial charge >= 0.3 is 0 Å². The summed E-state index contributed by atoms with van der Waals surface area (Å²) in [4.78, 5) is 13.6. The molecule has 1 aliphatic heterocycles. The monoisotopic (exact) mass is 325 g/mol. The number of ether oxygens (including phenoxy) is 1. The van der Waals surface area contributed by atoms with Crippen molar-refractivity contribution in [1.82, 2.24) is 0 Å². The number of fused-ring (bicyclic) bond motifs is 1. The summed E-state index contributed by atoms with van der Waals surface area (Å²) < 4.78 is 5.44. The minimum Gasteiger partial charge on any atom is -0.482 e. The first kappa shape index (κ1) is 16.2. The maximum atomic E-state index is 11.3. The topological polar surface area (TPSA) is 53.6 Å². The first-order chi connectivity index (χ1) is 11.7. The van der Waals surface area contributed by atoms with Crippen LogP contribution in [-0.2, 0) is 11.3 Å². The Labute approximate surface area is 142 Å². The molecule has 1 amide bonds. The van der Waals surface area contributed by atoms with Gasteiger partial charge in [0, 0.05) is 37.1 Å². The third kappa shape index (κ3) is 3.62. The number of anilines is 3. The van der Waals surface area contributed by atoms with Gasteiger partial charge in [0.1, 0.15) is 5.75 Å². The second kappa shape index (κ2) is 7.25. The zero-order valence-electron chi connectivity index (χ0n) is 14.1. The van der Waals surface area contributed by atoms with E-state index in [1.165, 1.54) is 11.3 Å². The summed E-state index contributed by atoms with van der Waals surface area (Å²) >= 11 is 0. The van der Waals surface area contributed by atoms with Gasteiger partial charge in [-0.3, -0.25) is 4.79 Å². The minimum absolute atomic E-state index is 0.0727. The number of amides is 1. The first-order valence-electron chi connectivity index (χ1n) is 8.34. The number of hydrogen-bond acceptors (Lipinski definition) is 4. The maximum Gasteiger partial charge on any atom is 0.262 e. The second-order valence-electron chi connectivity index (χ2n) is 5.74. The Kier molecular flexibility index (Phi) is 4.89. The van der Waals surface area contributed by atoms with E-state index >= 15 is 0 Å². The molecule has 1 aliphatic rings. The Morgan fingerprint density at radius 2 is 1.88 bits per heavy atom. The Hall–Kier alpha value is -2.69. The third-order valence-corrected chi connectivity index (χ3v) is 4.18. The van der Waals surface area contributed by atoms with Crippen molar-refractivity contribution < 1.29 is 9.53 Å². The number of carbonyl (C=O) groups is 1. The van der Waals surface area contributed by atoms with E-state index < -0.39 is 0 Å². The second-order valence-corrected chi connectivity index (χ2v) is 5.74. The van der Waals surface area contributed by atoms with Crippen molar-refractivity contribution >= 4 is 23.0 Å². The molecule has 0 bridgehead atoms. The van der Waals surface area contributed by atoms with Crippen LogP contribution >= 0.6 is 0 Å². The summed E-state index contributed by atoms with van der Waals surface area (Å²) in [5.41, 5.74) is 4.16. The summed E-state index contributed by atoms with van der Waals surface area (Å²) in [5, 5.41) is 6.18. The highest BCUT2D eigenvalue weighted by molar-refractivity contribution is 5.95. The molecule has 2 aromatic carbocycles. The Morgan fingerprint density at radius 1 is 1.12 bits per heavy atom. The van der Waals surface area contributed by atoms with Gasteiger partial charge in [-0.15, -0.1) is 0 Å². The van der Waals surface area contributed by atoms with Gasteiger partial charge in [-0.1, -0.05) is 12.1 Å². The van der Waals surface area contributed by atoms with Gasteiger partial charge in [0.05, 0.1) is 5.69 Å². The highest BCUT2D eigenvalue weighted by Gasteiger charge is 2.15. The molecule has 1 heterocycles. The molecule has 0 atom stereocenters. The predicted molar refractivity (Wildman–Crippen MR) is 97.9 cm³/mol. The molecule has 3 rings (SSSR count). The fraction of sp³-hybridized carbons (Fsp3) is 0.316. The molecule has 126 valence electrons. The predicted octanol–water partition coefficient (Wildman–Crippen LogP) is 3.48. The van der Waals surface area contributed by atoms with E-state index in [1.54, 1.807) is 0 Å². The number of nitrogens with one attached hydrogen (secondary N) is 2. The minimum atomic E-state index is -0.114. The van der Waals surface area contributed by atoms with Gasteiger partial charge in [0.2, 0.25) is 0 Å². The normalized spacial score (nSPS) is 12.8. The van der Waals surface area contributed by atoms with Gasteiger partial charge in [0.15, 0.2) is 6.61 Å². The van der Waals surface area contributed by atoms with Crippen molar-refractivity contribution in [3.8, 4) is 5.75 Å². The lowest BCUT2D eigenvalue weighted by molar-refractivity contribution is -0.118. The molecule has 0 unspecified atom stereocenters. The Balaban J connectivity index is 1.62. The van der Waals surface area contributed by atoms with Gasteiger partial charge < -0.3 is 20.3 Å². The van der Waals surface area contributed by atoms with Gasteiger partial charge in [0.25, 0.3) is 5.91 Å². The van der Waals surface area contributed by atoms with Crippen molar-refractivity contribution in [1.29, 1.82) is 0 Å². The zero-order chi connectivity index (χ0) is 16.9. The van der Waals surface area contributed by atoms with Crippen LogP contribution in [0.1, 0.15) is 19.4 Å². The average Bonchev–Trinajstić information content (AvgIpc) is 2.62. The first-order valence-corrected chi connectivity index (χ1v) is 8.34. The molecule has 0 radical (unpaired) electrons. The number of nitrogens with zero attached hydrogens (tertiary/aromatic N) is 1. The van der Waals surface area contributed by atoms with E-state index in [-0.39, 0.29) is 12.5 Å². The van der Waals surface area contributed by atoms with Crippen molar-refractivity contribution in [2.75, 3.05) is 35.2 Å². The smallest absolute Gasteiger partial charge is 0.262 e. The van der Waals surface area contributed by atoms with Crippen LogP contribution in [0.4, 0.5) is 17.1 Å². The van der Waals surface area contributed by atoms with E-state index in [1.807, 2.05) is 18.2 Å². The summed E-state index contributed by atoms with van der Waals surface area (Å²) in [6.07, 6.45) is 0. The molecule has 2 N–H and O–H groups in total. The number of benzene rings is 2. The van der Waals surface area contributed by atoms with Crippen LogP contribution in [0.25, 0.3) is 0 Å². The molecule has 24 heavy (non-hydrogen) atoms. The van der Waals surface area contributed by atoms with Crippen molar-refractivity contribution in [2.45, 2.75) is 20.4 Å². The molecule has 5 heteroatoms. The van der Waals surface area contributed by atoms with Crippen LogP contribution in [0.5, 0.6) is 5.75 Å². The number of hydrogen-bond donors (Lipinski definition) is 2. The highest BCUT2D eigenvalue weighted by atomic mass is 16.5. The standard InChI is InChI=1S/C19H23N3O2/c1-3-22(4-2)16-8-5-14(6-9-16)12-20-15-7-10-17-18(11-15)24-13-19(23)21-17/h5-11,20H,3-4,12-13H2,1-2H3,(H,21,23). The van der Waals surface area contributed by atoms with Gasteiger partial charge in [-0.05, 0) is 43.7 Å². The lowest BCUT2D eigenvalue weighted by Crippen LogP contribution is -2.25. The summed E-state index contributed by atoms with van der Waals surface area (Å²) in [6, 6.07) is 14.3. The number of rotatable bonds is 6. The average molecular weight is 325 g/mol. The van der Waals surface area contributed by atoms with Crippen LogP contribution in [0.15, 0.2) is 42.5 Å². The quantitative estimate of drug-likeness (QED) is 0.854. The fourth-order valence-electron chi connectivity index (χ4n) is 2.80. The molecule has 0 fully saturated rings. The molecule has 0 spiro atoms. The highest BCUT2D eigenvalue weighted by Crippen LogP contribution is 2.30. The molecular formula is C19H23N3O2. The summed E-state index contributed by atoms with van der Waals surface area (Å²) in [7, 11) is 0. The van der Waals surface area contributed by atoms with E-state index in [2.05, 4.69) is 53.6 Å².